The molecule has 0 aliphatic rings. The lowest BCUT2D eigenvalue weighted by atomic mass is 10.7. The molecule has 74 valence electrons. The Morgan fingerprint density at radius 2 is 2.00 bits per heavy atom. The summed E-state index contributed by atoms with van der Waals surface area (Å²) in [4.78, 5) is 2.64. The molecule has 0 aliphatic heterocycles. The molecule has 0 unspecified atom stereocenters. The standard InChI is InChI=1S/C4HClF3NO3S/c5-13(10,11)2-1-12-3(9-2)4(6,7)8/h1H. The highest BCUT2D eigenvalue weighted by Gasteiger charge is 2.38. The first-order valence-electron chi connectivity index (χ1n) is 2.68. The van der Waals surface area contributed by atoms with Crippen molar-refractivity contribution in [3.63, 3.8) is 0 Å². The quantitative estimate of drug-likeness (QED) is 0.694. The molecule has 1 aromatic rings. The van der Waals surface area contributed by atoms with Crippen LogP contribution in [0.15, 0.2) is 15.7 Å². The Kier molecular flexibility index (Phi) is 2.28. The number of hydrogen-bond acceptors (Lipinski definition) is 4. The third-order valence-electron chi connectivity index (χ3n) is 0.975. The van der Waals surface area contributed by atoms with Crippen molar-refractivity contribution >= 4 is 19.7 Å². The summed E-state index contributed by atoms with van der Waals surface area (Å²) in [5.74, 6) is -1.65. The number of halogens is 4. The van der Waals surface area contributed by atoms with Gasteiger partial charge in [0.25, 0.3) is 9.05 Å². The zero-order valence-electron chi connectivity index (χ0n) is 5.67. The molecule has 0 atom stereocenters. The van der Waals surface area contributed by atoms with Crippen LogP contribution in [0.1, 0.15) is 5.89 Å². The second-order valence-corrected chi connectivity index (χ2v) is 4.44. The minimum absolute atomic E-state index is 0.325. The fourth-order valence-electron chi connectivity index (χ4n) is 0.501. The van der Waals surface area contributed by atoms with Crippen LogP contribution in [0.4, 0.5) is 13.2 Å². The molecule has 0 bridgehead atoms. The van der Waals surface area contributed by atoms with E-state index in [1.165, 1.54) is 0 Å². The normalized spacial score (nSPS) is 13.2. The predicted octanol–water partition coefficient (Wildman–Crippen LogP) is 1.62. The van der Waals surface area contributed by atoms with Gasteiger partial charge in [-0.25, -0.2) is 8.42 Å². The van der Waals surface area contributed by atoms with Crippen molar-refractivity contribution < 1.29 is 26.0 Å². The van der Waals surface area contributed by atoms with Gasteiger partial charge in [-0.3, -0.25) is 0 Å². The van der Waals surface area contributed by atoms with Crippen LogP contribution in [0.2, 0.25) is 0 Å². The van der Waals surface area contributed by atoms with Crippen LogP contribution in [0, 0.1) is 0 Å². The monoisotopic (exact) mass is 235 g/mol. The van der Waals surface area contributed by atoms with Crippen LogP contribution in [-0.4, -0.2) is 13.4 Å². The van der Waals surface area contributed by atoms with Crippen LogP contribution in [-0.2, 0) is 15.2 Å². The maximum absolute atomic E-state index is 11.8. The first-order chi connectivity index (χ1) is 5.71. The van der Waals surface area contributed by atoms with Crippen molar-refractivity contribution in [2.75, 3.05) is 0 Å². The van der Waals surface area contributed by atoms with Gasteiger partial charge in [-0.1, -0.05) is 0 Å². The Labute approximate surface area is 74.7 Å². The fraction of sp³-hybridized carbons (Fsp3) is 0.250. The Morgan fingerprint density at radius 3 is 2.23 bits per heavy atom. The SMILES string of the molecule is O=S(=O)(Cl)c1coc(C(F)(F)F)n1. The van der Waals surface area contributed by atoms with E-state index in [1.54, 1.807) is 0 Å². The number of rotatable bonds is 1. The minimum atomic E-state index is -4.82. The molecule has 0 saturated carbocycles. The average molecular weight is 236 g/mol. The average Bonchev–Trinajstić information content (AvgIpc) is 2.28. The summed E-state index contributed by atoms with van der Waals surface area (Å²) in [5.41, 5.74) is 0. The molecule has 0 aromatic carbocycles. The molecule has 4 nitrogen and oxygen atoms in total. The number of nitrogens with zero attached hydrogens (tertiary/aromatic N) is 1. The zero-order valence-corrected chi connectivity index (χ0v) is 7.24. The molecule has 0 N–H and O–H groups in total. The molecule has 0 amide bonds. The van der Waals surface area contributed by atoms with E-state index in [1.807, 2.05) is 0 Å². The van der Waals surface area contributed by atoms with Crippen molar-refractivity contribution in [3.8, 4) is 0 Å². The van der Waals surface area contributed by atoms with E-state index >= 15 is 0 Å². The third-order valence-corrected chi connectivity index (χ3v) is 2.14. The van der Waals surface area contributed by atoms with E-state index in [2.05, 4.69) is 9.40 Å². The molecule has 13 heavy (non-hydrogen) atoms. The van der Waals surface area contributed by atoms with E-state index in [9.17, 15) is 21.6 Å². The molecule has 9 heteroatoms. The summed E-state index contributed by atoms with van der Waals surface area (Å²) >= 11 is 0. The van der Waals surface area contributed by atoms with Gasteiger partial charge in [0, 0.05) is 10.7 Å². The first-order valence-corrected chi connectivity index (χ1v) is 4.99. The van der Waals surface area contributed by atoms with Crippen LogP contribution >= 0.6 is 10.7 Å². The number of hydrogen-bond donors (Lipinski definition) is 0. The van der Waals surface area contributed by atoms with Crippen molar-refractivity contribution in [1.29, 1.82) is 0 Å². The maximum Gasteiger partial charge on any atom is 0.468 e. The number of alkyl halides is 3. The summed E-state index contributed by atoms with van der Waals surface area (Å²) in [6.07, 6.45) is -4.50. The molecule has 1 aromatic heterocycles. The van der Waals surface area contributed by atoms with Gasteiger partial charge < -0.3 is 4.42 Å². The summed E-state index contributed by atoms with van der Waals surface area (Å²) in [6.45, 7) is 0. The van der Waals surface area contributed by atoms with Gasteiger partial charge in [0.15, 0.2) is 0 Å². The molecule has 0 saturated heterocycles. The highest BCUT2D eigenvalue weighted by atomic mass is 35.7. The van der Waals surface area contributed by atoms with Crippen molar-refractivity contribution in [1.82, 2.24) is 4.98 Å². The molecule has 0 fully saturated rings. The van der Waals surface area contributed by atoms with Crippen LogP contribution in [0.3, 0.4) is 0 Å². The van der Waals surface area contributed by atoms with Gasteiger partial charge in [-0.15, -0.1) is 0 Å². The van der Waals surface area contributed by atoms with Crippen LogP contribution in [0.25, 0.3) is 0 Å². The van der Waals surface area contributed by atoms with E-state index in [-0.39, 0.29) is 0 Å². The summed E-state index contributed by atoms with van der Waals surface area (Å²) in [5, 5.41) is -0.957. The van der Waals surface area contributed by atoms with Gasteiger partial charge in [-0.05, 0) is 0 Å². The third kappa shape index (κ3) is 2.34. The molecular weight excluding hydrogens is 235 g/mol. The topological polar surface area (TPSA) is 60.2 Å². The smallest absolute Gasteiger partial charge is 0.440 e. The lowest BCUT2D eigenvalue weighted by Crippen LogP contribution is -2.05. The second kappa shape index (κ2) is 2.88. The Bertz CT molecular complexity index is 409. The van der Waals surface area contributed by atoms with E-state index < -0.39 is 26.1 Å². The van der Waals surface area contributed by atoms with Gasteiger partial charge in [0.1, 0.15) is 6.26 Å². The summed E-state index contributed by atoms with van der Waals surface area (Å²) in [7, 11) is 0.429. The summed E-state index contributed by atoms with van der Waals surface area (Å²) < 4.78 is 60.1. The van der Waals surface area contributed by atoms with Gasteiger partial charge >= 0.3 is 12.1 Å². The summed E-state index contributed by atoms with van der Waals surface area (Å²) in [6, 6.07) is 0. The van der Waals surface area contributed by atoms with Crippen LogP contribution in [0.5, 0.6) is 0 Å². The molecular formula is C4HClF3NO3S. The first kappa shape index (κ1) is 10.3. The lowest BCUT2D eigenvalue weighted by Gasteiger charge is -1.96. The number of oxazole rings is 1. The van der Waals surface area contributed by atoms with E-state index in [4.69, 9.17) is 10.7 Å². The molecule has 0 aliphatic carbocycles. The van der Waals surface area contributed by atoms with Crippen molar-refractivity contribution in [2.24, 2.45) is 0 Å². The highest BCUT2D eigenvalue weighted by Crippen LogP contribution is 2.29. The Hall–Kier alpha value is -0.760. The van der Waals surface area contributed by atoms with Gasteiger partial charge in [-0.2, -0.15) is 18.2 Å². The largest absolute Gasteiger partial charge is 0.468 e. The number of aromatic nitrogens is 1. The molecule has 0 spiro atoms. The second-order valence-electron chi connectivity index (χ2n) is 1.93. The zero-order chi connectivity index (χ0) is 10.3. The van der Waals surface area contributed by atoms with Crippen molar-refractivity contribution in [3.05, 3.63) is 12.2 Å². The molecule has 1 rings (SSSR count). The van der Waals surface area contributed by atoms with E-state index in [0.29, 0.717) is 6.26 Å². The van der Waals surface area contributed by atoms with Crippen molar-refractivity contribution in [2.45, 2.75) is 11.2 Å². The maximum atomic E-state index is 11.8. The van der Waals surface area contributed by atoms with Gasteiger partial charge in [0.05, 0.1) is 0 Å². The molecule has 0 radical (unpaired) electrons. The Balaban J connectivity index is 3.16. The Morgan fingerprint density at radius 1 is 1.46 bits per heavy atom. The van der Waals surface area contributed by atoms with Gasteiger partial charge in [0.2, 0.25) is 5.03 Å². The highest BCUT2D eigenvalue weighted by molar-refractivity contribution is 8.13. The molecule has 1 heterocycles. The minimum Gasteiger partial charge on any atom is -0.440 e. The van der Waals surface area contributed by atoms with E-state index in [0.717, 1.165) is 0 Å². The predicted molar refractivity (Wildman–Crippen MR) is 34.5 cm³/mol. The van der Waals surface area contributed by atoms with Crippen LogP contribution < -0.4 is 0 Å². The lowest BCUT2D eigenvalue weighted by molar-refractivity contribution is -0.157. The fourth-order valence-corrected chi connectivity index (χ4v) is 1.07.